The van der Waals surface area contributed by atoms with Gasteiger partial charge in [-0.05, 0) is 31.6 Å². The van der Waals surface area contributed by atoms with E-state index in [0.29, 0.717) is 12.5 Å². The average Bonchev–Trinajstić information content (AvgIpc) is 2.90. The normalized spacial score (nSPS) is 21.2. The summed E-state index contributed by atoms with van der Waals surface area (Å²) in [4.78, 5) is 23.2. The van der Waals surface area contributed by atoms with Gasteiger partial charge in [0.2, 0.25) is 0 Å². The van der Waals surface area contributed by atoms with Gasteiger partial charge in [-0.1, -0.05) is 0 Å². The van der Waals surface area contributed by atoms with Crippen LogP contribution in [0.1, 0.15) is 25.7 Å². The summed E-state index contributed by atoms with van der Waals surface area (Å²) in [5, 5.41) is 8.57. The second-order valence-electron chi connectivity index (χ2n) is 3.94. The zero-order valence-electron chi connectivity index (χ0n) is 7.40. The Morgan fingerprint density at radius 3 is 2.23 bits per heavy atom. The summed E-state index contributed by atoms with van der Waals surface area (Å²) >= 11 is 0. The van der Waals surface area contributed by atoms with E-state index < -0.39 is 11.9 Å². The molecule has 0 saturated heterocycles. The molecule has 0 aliphatic heterocycles. The molecule has 0 atom stereocenters. The zero-order chi connectivity index (χ0) is 9.42. The first-order valence-electron chi connectivity index (χ1n) is 4.72. The van der Waals surface area contributed by atoms with E-state index in [1.165, 1.54) is 0 Å². The van der Waals surface area contributed by atoms with Gasteiger partial charge >= 0.3 is 11.9 Å². The summed E-state index contributed by atoms with van der Waals surface area (Å²) in [6, 6.07) is 0.226. The fraction of sp³-hybridized carbons (Fsp3) is 0.778. The van der Waals surface area contributed by atoms with E-state index in [1.54, 1.807) is 4.90 Å². The van der Waals surface area contributed by atoms with Crippen LogP contribution in [0.4, 0.5) is 0 Å². The van der Waals surface area contributed by atoms with Gasteiger partial charge in [0.25, 0.3) is 0 Å². The summed E-state index contributed by atoms with van der Waals surface area (Å²) in [5.74, 6) is -1.45. The first-order chi connectivity index (χ1) is 6.18. The first kappa shape index (κ1) is 8.53. The number of carboxylic acids is 1. The predicted molar refractivity (Wildman–Crippen MR) is 45.1 cm³/mol. The van der Waals surface area contributed by atoms with E-state index in [4.69, 9.17) is 5.11 Å². The van der Waals surface area contributed by atoms with Gasteiger partial charge in [0.15, 0.2) is 0 Å². The number of aliphatic carboxylic acids is 1. The fourth-order valence-corrected chi connectivity index (χ4v) is 1.49. The Hall–Kier alpha value is -1.06. The van der Waals surface area contributed by atoms with Crippen molar-refractivity contribution in [2.75, 3.05) is 6.54 Å². The van der Waals surface area contributed by atoms with E-state index in [1.807, 2.05) is 0 Å². The topological polar surface area (TPSA) is 57.6 Å². The highest BCUT2D eigenvalue weighted by molar-refractivity contribution is 6.31. The van der Waals surface area contributed by atoms with Gasteiger partial charge in [-0.3, -0.25) is 4.79 Å². The van der Waals surface area contributed by atoms with Crippen molar-refractivity contribution < 1.29 is 14.7 Å². The van der Waals surface area contributed by atoms with E-state index >= 15 is 0 Å². The molecule has 0 spiro atoms. The van der Waals surface area contributed by atoms with Crippen molar-refractivity contribution in [2.45, 2.75) is 31.7 Å². The molecule has 1 amide bonds. The Labute approximate surface area is 76.5 Å². The van der Waals surface area contributed by atoms with Crippen LogP contribution in [-0.4, -0.2) is 34.5 Å². The van der Waals surface area contributed by atoms with Crippen LogP contribution in [0, 0.1) is 5.92 Å². The maximum absolute atomic E-state index is 11.2. The number of hydrogen-bond donors (Lipinski definition) is 1. The highest BCUT2D eigenvalue weighted by Crippen LogP contribution is 2.34. The van der Waals surface area contributed by atoms with Crippen molar-refractivity contribution in [1.29, 1.82) is 0 Å². The minimum Gasteiger partial charge on any atom is -0.474 e. The number of nitrogens with zero attached hydrogens (tertiary/aromatic N) is 1. The Kier molecular flexibility index (Phi) is 1.98. The molecular weight excluding hydrogens is 170 g/mol. The van der Waals surface area contributed by atoms with Gasteiger partial charge in [0.05, 0.1) is 0 Å². The highest BCUT2D eigenvalue weighted by atomic mass is 16.4. The highest BCUT2D eigenvalue weighted by Gasteiger charge is 2.38. The van der Waals surface area contributed by atoms with E-state index in [-0.39, 0.29) is 6.04 Å². The van der Waals surface area contributed by atoms with Crippen molar-refractivity contribution in [3.8, 4) is 0 Å². The maximum Gasteiger partial charge on any atom is 0.394 e. The zero-order valence-corrected chi connectivity index (χ0v) is 7.40. The van der Waals surface area contributed by atoms with Crippen molar-refractivity contribution in [1.82, 2.24) is 4.90 Å². The van der Waals surface area contributed by atoms with Gasteiger partial charge in [0.1, 0.15) is 0 Å². The quantitative estimate of drug-likeness (QED) is 0.647. The minimum absolute atomic E-state index is 0.226. The molecule has 2 fully saturated rings. The lowest BCUT2D eigenvalue weighted by Gasteiger charge is -2.19. The third-order valence-corrected chi connectivity index (χ3v) is 2.58. The summed E-state index contributed by atoms with van der Waals surface area (Å²) < 4.78 is 0. The molecule has 0 bridgehead atoms. The van der Waals surface area contributed by atoms with Gasteiger partial charge in [0, 0.05) is 12.6 Å². The smallest absolute Gasteiger partial charge is 0.394 e. The van der Waals surface area contributed by atoms with Gasteiger partial charge < -0.3 is 10.0 Å². The number of carbonyl (C=O) groups excluding carboxylic acids is 1. The van der Waals surface area contributed by atoms with Crippen LogP contribution in [0.15, 0.2) is 0 Å². The average molecular weight is 183 g/mol. The number of rotatable bonds is 3. The molecule has 2 saturated carbocycles. The second kappa shape index (κ2) is 3.01. The third-order valence-electron chi connectivity index (χ3n) is 2.58. The number of carboxylic acid groups (broad SMARTS) is 1. The first-order valence-corrected chi connectivity index (χ1v) is 4.72. The fourth-order valence-electron chi connectivity index (χ4n) is 1.49. The van der Waals surface area contributed by atoms with Crippen molar-refractivity contribution in [3.63, 3.8) is 0 Å². The molecule has 0 heterocycles. The van der Waals surface area contributed by atoms with Crippen LogP contribution in [0.2, 0.25) is 0 Å². The maximum atomic E-state index is 11.2. The Balaban J connectivity index is 1.94. The Morgan fingerprint density at radius 2 is 1.85 bits per heavy atom. The van der Waals surface area contributed by atoms with Crippen LogP contribution in [-0.2, 0) is 9.59 Å². The molecule has 4 heteroatoms. The molecule has 2 aliphatic rings. The molecule has 0 radical (unpaired) electrons. The van der Waals surface area contributed by atoms with Crippen molar-refractivity contribution in [2.24, 2.45) is 5.92 Å². The second-order valence-corrected chi connectivity index (χ2v) is 3.94. The number of amides is 1. The van der Waals surface area contributed by atoms with Gasteiger partial charge in [-0.25, -0.2) is 4.79 Å². The standard InChI is InChI=1S/C9H13NO3/c11-8(9(12)13)10(7-3-4-7)5-6-1-2-6/h6-7H,1-5H2,(H,12,13). The molecule has 2 rings (SSSR count). The Morgan fingerprint density at radius 1 is 1.23 bits per heavy atom. The molecule has 72 valence electrons. The van der Waals surface area contributed by atoms with Crippen LogP contribution in [0.25, 0.3) is 0 Å². The molecule has 1 N–H and O–H groups in total. The number of hydrogen-bond acceptors (Lipinski definition) is 2. The van der Waals surface area contributed by atoms with E-state index in [2.05, 4.69) is 0 Å². The van der Waals surface area contributed by atoms with Crippen LogP contribution < -0.4 is 0 Å². The molecule has 0 unspecified atom stereocenters. The van der Waals surface area contributed by atoms with Crippen LogP contribution in [0.3, 0.4) is 0 Å². The lowest BCUT2D eigenvalue weighted by atomic mass is 10.3. The summed E-state index contributed by atoms with van der Waals surface area (Å²) in [7, 11) is 0. The summed E-state index contributed by atoms with van der Waals surface area (Å²) in [6.07, 6.45) is 4.25. The largest absolute Gasteiger partial charge is 0.474 e. The molecule has 13 heavy (non-hydrogen) atoms. The molecule has 4 nitrogen and oxygen atoms in total. The van der Waals surface area contributed by atoms with Crippen molar-refractivity contribution >= 4 is 11.9 Å². The molecule has 0 aromatic heterocycles. The van der Waals surface area contributed by atoms with Crippen LogP contribution >= 0.6 is 0 Å². The molecule has 0 aromatic carbocycles. The molecule has 0 aromatic rings. The molecule has 2 aliphatic carbocycles. The summed E-state index contributed by atoms with van der Waals surface area (Å²) in [5.41, 5.74) is 0. The van der Waals surface area contributed by atoms with E-state index in [0.717, 1.165) is 25.7 Å². The van der Waals surface area contributed by atoms with Gasteiger partial charge in [-0.2, -0.15) is 0 Å². The van der Waals surface area contributed by atoms with E-state index in [9.17, 15) is 9.59 Å². The monoisotopic (exact) mass is 183 g/mol. The SMILES string of the molecule is O=C(O)C(=O)N(CC1CC1)C1CC1. The predicted octanol–water partition coefficient (Wildman–Crippen LogP) is 0.472. The summed E-state index contributed by atoms with van der Waals surface area (Å²) in [6.45, 7) is 0.662. The Bertz CT molecular complexity index is 243. The molecular formula is C9H13NO3. The number of carbonyl (C=O) groups is 2. The van der Waals surface area contributed by atoms with Crippen molar-refractivity contribution in [3.05, 3.63) is 0 Å². The van der Waals surface area contributed by atoms with Gasteiger partial charge in [-0.15, -0.1) is 0 Å². The third kappa shape index (κ3) is 1.99. The minimum atomic E-state index is -1.31. The lowest BCUT2D eigenvalue weighted by molar-refractivity contribution is -0.156. The lowest BCUT2D eigenvalue weighted by Crippen LogP contribution is -2.39. The van der Waals surface area contributed by atoms with Crippen LogP contribution in [0.5, 0.6) is 0 Å².